The zero-order valence-corrected chi connectivity index (χ0v) is 22.1. The molecule has 0 aliphatic carbocycles. The molecule has 1 atom stereocenters. The molecule has 41 heavy (non-hydrogen) atoms. The van der Waals surface area contributed by atoms with Crippen molar-refractivity contribution in [1.29, 1.82) is 0 Å². The van der Waals surface area contributed by atoms with Crippen molar-refractivity contribution in [2.75, 3.05) is 0 Å². The number of amides is 1. The Balaban J connectivity index is 1.42. The van der Waals surface area contributed by atoms with E-state index in [1.54, 1.807) is 47.1 Å². The van der Waals surface area contributed by atoms with Gasteiger partial charge in [-0.25, -0.2) is 4.79 Å². The number of fused-ring (bicyclic) bond motifs is 2. The molecule has 0 saturated carbocycles. The van der Waals surface area contributed by atoms with E-state index in [-0.39, 0.29) is 17.3 Å². The van der Waals surface area contributed by atoms with Crippen LogP contribution in [-0.2, 0) is 0 Å². The van der Waals surface area contributed by atoms with Gasteiger partial charge in [0, 0.05) is 28.9 Å². The highest BCUT2D eigenvalue weighted by Crippen LogP contribution is 2.27. The van der Waals surface area contributed by atoms with Crippen LogP contribution in [0.25, 0.3) is 27.4 Å². The van der Waals surface area contributed by atoms with Gasteiger partial charge < -0.3 is 14.8 Å². The van der Waals surface area contributed by atoms with Gasteiger partial charge in [-0.2, -0.15) is 0 Å². The molecule has 6 aromatic rings. The third kappa shape index (κ3) is 4.96. The number of carbonyl (C=O) groups excluding carboxylic acids is 2. The number of rotatable bonds is 7. The van der Waals surface area contributed by atoms with Crippen molar-refractivity contribution in [3.05, 3.63) is 144 Å². The molecule has 200 valence electrons. The van der Waals surface area contributed by atoms with Crippen molar-refractivity contribution >= 4 is 33.9 Å². The van der Waals surface area contributed by atoms with E-state index in [0.29, 0.717) is 22.5 Å². The van der Waals surface area contributed by atoms with Crippen LogP contribution < -0.4 is 5.32 Å². The number of hydrogen-bond acceptors (Lipinski definition) is 4. The smallest absolute Gasteiger partial charge is 0.335 e. The van der Waals surface area contributed by atoms with Crippen molar-refractivity contribution in [3.8, 4) is 11.1 Å². The van der Waals surface area contributed by atoms with Crippen molar-refractivity contribution in [3.63, 3.8) is 0 Å². The fourth-order valence-corrected chi connectivity index (χ4v) is 5.03. The predicted octanol–water partition coefficient (Wildman–Crippen LogP) is 6.57. The first-order valence-corrected chi connectivity index (χ1v) is 13.1. The van der Waals surface area contributed by atoms with E-state index >= 15 is 0 Å². The van der Waals surface area contributed by atoms with E-state index < -0.39 is 12.0 Å². The molecule has 0 saturated heterocycles. The van der Waals surface area contributed by atoms with Crippen LogP contribution in [0.1, 0.15) is 55.4 Å². The minimum absolute atomic E-state index is 0.171. The molecule has 7 heteroatoms. The van der Waals surface area contributed by atoms with Crippen molar-refractivity contribution in [2.45, 2.75) is 13.0 Å². The molecule has 0 spiro atoms. The first kappa shape index (κ1) is 25.7. The summed E-state index contributed by atoms with van der Waals surface area (Å²) in [5.41, 5.74) is 4.60. The summed E-state index contributed by atoms with van der Waals surface area (Å²) in [6, 6.07) is 30.4. The van der Waals surface area contributed by atoms with Crippen LogP contribution >= 0.6 is 0 Å². The molecule has 7 nitrogen and oxygen atoms in total. The van der Waals surface area contributed by atoms with Crippen molar-refractivity contribution in [2.24, 2.45) is 0 Å². The lowest BCUT2D eigenvalue weighted by molar-refractivity contribution is 0.0696. The first-order valence-electron chi connectivity index (χ1n) is 13.1. The van der Waals surface area contributed by atoms with Crippen LogP contribution in [0.3, 0.4) is 0 Å². The van der Waals surface area contributed by atoms with Gasteiger partial charge in [0.15, 0.2) is 0 Å². The maximum atomic E-state index is 13.8. The van der Waals surface area contributed by atoms with E-state index in [0.717, 1.165) is 27.5 Å². The Bertz CT molecular complexity index is 1940. The number of carboxylic acids is 1. The molecule has 0 aliphatic heterocycles. The predicted molar refractivity (Wildman–Crippen MR) is 157 cm³/mol. The third-order valence-corrected chi connectivity index (χ3v) is 7.23. The minimum atomic E-state index is -1.01. The monoisotopic (exact) mass is 539 g/mol. The molecule has 1 amide bonds. The van der Waals surface area contributed by atoms with Gasteiger partial charge in [-0.3, -0.25) is 14.6 Å². The number of nitrogens with one attached hydrogen (secondary N) is 1. The number of hydrogen-bond donors (Lipinski definition) is 2. The zero-order chi connectivity index (χ0) is 28.5. The molecule has 2 N–H and O–H groups in total. The second kappa shape index (κ2) is 10.5. The van der Waals surface area contributed by atoms with Crippen LogP contribution in [0.5, 0.6) is 0 Å². The SMILES string of the molecule is C[C@H](NC(=O)c1cc(-c2ccccc2)cc2ccc(C(=O)c3ccc4ccncc4c3)n12)c1ccc(C(=O)O)cc1. The van der Waals surface area contributed by atoms with Gasteiger partial charge in [0.05, 0.1) is 17.3 Å². The summed E-state index contributed by atoms with van der Waals surface area (Å²) >= 11 is 0. The van der Waals surface area contributed by atoms with E-state index in [1.165, 1.54) is 12.1 Å². The van der Waals surface area contributed by atoms with Crippen molar-refractivity contribution < 1.29 is 19.5 Å². The first-order chi connectivity index (χ1) is 19.9. The van der Waals surface area contributed by atoms with Crippen LogP contribution in [-0.4, -0.2) is 32.2 Å². The Morgan fingerprint density at radius 1 is 0.756 bits per heavy atom. The lowest BCUT2D eigenvalue weighted by atomic mass is 10.0. The third-order valence-electron chi connectivity index (χ3n) is 7.23. The molecular weight excluding hydrogens is 514 g/mol. The number of pyridine rings is 2. The molecular formula is C34H25N3O4. The molecule has 0 unspecified atom stereocenters. The van der Waals surface area contributed by atoms with Crippen LogP contribution in [0, 0.1) is 0 Å². The van der Waals surface area contributed by atoms with Crippen LogP contribution in [0.15, 0.2) is 116 Å². The Morgan fingerprint density at radius 2 is 1.51 bits per heavy atom. The normalized spacial score (nSPS) is 11.8. The fraction of sp³-hybridized carbons (Fsp3) is 0.0588. The summed E-state index contributed by atoms with van der Waals surface area (Å²) in [6.07, 6.45) is 3.43. The number of carboxylic acid groups (broad SMARTS) is 1. The van der Waals surface area contributed by atoms with E-state index in [9.17, 15) is 19.5 Å². The summed E-state index contributed by atoms with van der Waals surface area (Å²) in [5.74, 6) is -1.59. The number of carbonyl (C=O) groups is 3. The molecule has 3 aromatic heterocycles. The molecule has 6 rings (SSSR count). The summed E-state index contributed by atoms with van der Waals surface area (Å²) < 4.78 is 1.69. The summed E-state index contributed by atoms with van der Waals surface area (Å²) in [6.45, 7) is 1.83. The summed E-state index contributed by atoms with van der Waals surface area (Å²) in [5, 5.41) is 14.1. The quantitative estimate of drug-likeness (QED) is 0.223. The Morgan fingerprint density at radius 3 is 2.27 bits per heavy atom. The van der Waals surface area contributed by atoms with Gasteiger partial charge in [-0.1, -0.05) is 54.6 Å². The highest BCUT2D eigenvalue weighted by atomic mass is 16.4. The zero-order valence-electron chi connectivity index (χ0n) is 22.1. The van der Waals surface area contributed by atoms with E-state index in [4.69, 9.17) is 0 Å². The molecule has 0 aliphatic rings. The average Bonchev–Trinajstić information content (AvgIpc) is 3.44. The second-order valence-electron chi connectivity index (χ2n) is 9.86. The fourth-order valence-electron chi connectivity index (χ4n) is 5.03. The standard InChI is InChI=1S/C34H25N3O4/c1-21(22-7-10-25(11-8-22)34(40)41)36-33(39)31-19-27(23-5-3-2-4-6-23)18-29-13-14-30(37(29)31)32(38)26-12-9-24-15-16-35-20-28(24)17-26/h2-21H,1H3,(H,36,39)(H,40,41)/t21-/m0/s1. The van der Waals surface area contributed by atoms with E-state index in [2.05, 4.69) is 10.3 Å². The van der Waals surface area contributed by atoms with E-state index in [1.807, 2.05) is 67.6 Å². The summed E-state index contributed by atoms with van der Waals surface area (Å²) in [4.78, 5) is 43.1. The van der Waals surface area contributed by atoms with Gasteiger partial charge in [-0.15, -0.1) is 0 Å². The van der Waals surface area contributed by atoms with Gasteiger partial charge in [-0.05, 0) is 77.5 Å². The number of aromatic nitrogens is 2. The average molecular weight is 540 g/mol. The lowest BCUT2D eigenvalue weighted by Gasteiger charge is -2.17. The molecule has 0 bridgehead atoms. The Labute approximate surface area is 235 Å². The lowest BCUT2D eigenvalue weighted by Crippen LogP contribution is -2.29. The Hall–Kier alpha value is -5.56. The van der Waals surface area contributed by atoms with Gasteiger partial charge in [0.2, 0.25) is 5.78 Å². The number of aromatic carboxylic acids is 1. The van der Waals surface area contributed by atoms with Crippen LogP contribution in [0.4, 0.5) is 0 Å². The number of benzene rings is 3. The van der Waals surface area contributed by atoms with Gasteiger partial charge >= 0.3 is 5.97 Å². The molecule has 3 heterocycles. The second-order valence-corrected chi connectivity index (χ2v) is 9.86. The highest BCUT2D eigenvalue weighted by molar-refractivity contribution is 6.11. The maximum absolute atomic E-state index is 13.8. The largest absolute Gasteiger partial charge is 0.478 e. The van der Waals surface area contributed by atoms with Crippen LogP contribution in [0.2, 0.25) is 0 Å². The number of nitrogens with zero attached hydrogens (tertiary/aromatic N) is 2. The van der Waals surface area contributed by atoms with Gasteiger partial charge in [0.1, 0.15) is 5.69 Å². The molecule has 0 fully saturated rings. The molecule has 0 radical (unpaired) electrons. The topological polar surface area (TPSA) is 101 Å². The highest BCUT2D eigenvalue weighted by Gasteiger charge is 2.22. The Kier molecular flexibility index (Phi) is 6.61. The number of ketones is 1. The minimum Gasteiger partial charge on any atom is -0.478 e. The van der Waals surface area contributed by atoms with Gasteiger partial charge in [0.25, 0.3) is 5.91 Å². The van der Waals surface area contributed by atoms with Crippen molar-refractivity contribution in [1.82, 2.24) is 14.7 Å². The molecule has 3 aromatic carbocycles. The summed E-state index contributed by atoms with van der Waals surface area (Å²) in [7, 11) is 0. The maximum Gasteiger partial charge on any atom is 0.335 e.